The fraction of sp³-hybridized carbons (Fsp3) is 0.235. The summed E-state index contributed by atoms with van der Waals surface area (Å²) in [5.74, 6) is 0.506. The van der Waals surface area contributed by atoms with Crippen LogP contribution in [0.25, 0.3) is 0 Å². The third kappa shape index (κ3) is 4.75. The van der Waals surface area contributed by atoms with E-state index in [0.29, 0.717) is 22.2 Å². The Balaban J connectivity index is 1.89. The lowest BCUT2D eigenvalue weighted by molar-refractivity contribution is -0.113. The average Bonchev–Trinajstić information content (AvgIpc) is 2.43. The van der Waals surface area contributed by atoms with Gasteiger partial charge in [-0.15, -0.1) is 11.8 Å². The Bertz CT molecular complexity index is 667. The zero-order valence-corrected chi connectivity index (χ0v) is 14.0. The Morgan fingerprint density at radius 1 is 1.27 bits per heavy atom. The van der Waals surface area contributed by atoms with Gasteiger partial charge in [-0.2, -0.15) is 0 Å². The highest BCUT2D eigenvalue weighted by atomic mass is 35.5. The van der Waals surface area contributed by atoms with Crippen LogP contribution >= 0.6 is 23.4 Å². The maximum absolute atomic E-state index is 13.1. The Labute approximate surface area is 139 Å². The summed E-state index contributed by atoms with van der Waals surface area (Å²) in [6, 6.07) is 10.2. The number of hydrogen-bond acceptors (Lipinski definition) is 2. The van der Waals surface area contributed by atoms with Gasteiger partial charge >= 0.3 is 0 Å². The number of nitrogens with one attached hydrogen (secondary N) is 1. The highest BCUT2D eigenvalue weighted by molar-refractivity contribution is 7.99. The largest absolute Gasteiger partial charge is 0.324 e. The van der Waals surface area contributed by atoms with E-state index in [1.165, 1.54) is 23.9 Å². The van der Waals surface area contributed by atoms with Gasteiger partial charge in [0.05, 0.1) is 16.5 Å². The van der Waals surface area contributed by atoms with Gasteiger partial charge in [-0.1, -0.05) is 29.8 Å². The summed E-state index contributed by atoms with van der Waals surface area (Å²) < 4.78 is 13.1. The molecule has 2 aromatic carbocycles. The molecule has 0 aliphatic rings. The highest BCUT2D eigenvalue weighted by Crippen LogP contribution is 2.27. The minimum Gasteiger partial charge on any atom is -0.324 e. The molecule has 0 spiro atoms. The van der Waals surface area contributed by atoms with E-state index in [2.05, 4.69) is 5.32 Å². The van der Waals surface area contributed by atoms with E-state index >= 15 is 0 Å². The Kier molecular flexibility index (Phi) is 5.86. The summed E-state index contributed by atoms with van der Waals surface area (Å²) in [6.07, 6.45) is 0. The van der Waals surface area contributed by atoms with Gasteiger partial charge < -0.3 is 5.32 Å². The summed E-state index contributed by atoms with van der Waals surface area (Å²) in [5, 5.41) is 3.38. The Morgan fingerprint density at radius 2 is 2.05 bits per heavy atom. The van der Waals surface area contributed by atoms with E-state index in [9.17, 15) is 9.18 Å². The first-order valence-corrected chi connectivity index (χ1v) is 8.38. The Hall–Kier alpha value is -1.52. The van der Waals surface area contributed by atoms with Crippen LogP contribution in [0, 0.1) is 19.7 Å². The van der Waals surface area contributed by atoms with Gasteiger partial charge in [-0.25, -0.2) is 4.39 Å². The second-order valence-corrected chi connectivity index (χ2v) is 6.50. The van der Waals surface area contributed by atoms with Gasteiger partial charge in [0.15, 0.2) is 0 Å². The van der Waals surface area contributed by atoms with Crippen LogP contribution in [0.3, 0.4) is 0 Å². The molecule has 2 rings (SSSR count). The normalized spacial score (nSPS) is 10.5. The molecule has 22 heavy (non-hydrogen) atoms. The number of carbonyl (C=O) groups is 1. The predicted octanol–water partition coefficient (Wildman–Crippen LogP) is 4.97. The summed E-state index contributed by atoms with van der Waals surface area (Å²) in [6.45, 7) is 3.87. The fourth-order valence-corrected chi connectivity index (χ4v) is 3.28. The van der Waals surface area contributed by atoms with Crippen molar-refractivity contribution in [2.24, 2.45) is 0 Å². The molecule has 0 aliphatic heterocycles. The maximum Gasteiger partial charge on any atom is 0.234 e. The van der Waals surface area contributed by atoms with Crippen molar-refractivity contribution < 1.29 is 9.18 Å². The molecule has 1 N–H and O–H groups in total. The predicted molar refractivity (Wildman–Crippen MR) is 92.1 cm³/mol. The molecule has 0 saturated heterocycles. The molecule has 0 aliphatic carbocycles. The third-order valence-corrected chi connectivity index (χ3v) is 4.39. The second kappa shape index (κ2) is 7.65. The van der Waals surface area contributed by atoms with E-state index in [4.69, 9.17) is 11.6 Å². The second-order valence-electron chi connectivity index (χ2n) is 5.11. The third-order valence-electron chi connectivity index (χ3n) is 3.09. The number of aryl methyl sites for hydroxylation is 2. The van der Waals surface area contributed by atoms with E-state index in [-0.39, 0.29) is 11.7 Å². The smallest absolute Gasteiger partial charge is 0.234 e. The fourth-order valence-electron chi connectivity index (χ4n) is 2.14. The van der Waals surface area contributed by atoms with Gasteiger partial charge in [0.25, 0.3) is 0 Å². The number of amides is 1. The molecule has 0 bridgehead atoms. The number of benzene rings is 2. The van der Waals surface area contributed by atoms with Crippen LogP contribution in [0.5, 0.6) is 0 Å². The van der Waals surface area contributed by atoms with Crippen molar-refractivity contribution in [1.29, 1.82) is 0 Å². The van der Waals surface area contributed by atoms with Gasteiger partial charge in [0, 0.05) is 5.75 Å². The maximum atomic E-state index is 13.1. The monoisotopic (exact) mass is 337 g/mol. The molecule has 1 amide bonds. The number of thioether (sulfide) groups is 1. The molecular formula is C17H17ClFNOS. The summed E-state index contributed by atoms with van der Waals surface area (Å²) in [5.41, 5.74) is 3.51. The van der Waals surface area contributed by atoms with Gasteiger partial charge in [0.1, 0.15) is 5.82 Å². The van der Waals surface area contributed by atoms with Crippen molar-refractivity contribution >= 4 is 35.0 Å². The van der Waals surface area contributed by atoms with Crippen LogP contribution in [0.4, 0.5) is 10.1 Å². The van der Waals surface area contributed by atoms with Crippen molar-refractivity contribution in [2.45, 2.75) is 19.6 Å². The first-order chi connectivity index (χ1) is 10.5. The van der Waals surface area contributed by atoms with E-state index < -0.39 is 0 Å². The summed E-state index contributed by atoms with van der Waals surface area (Å²) in [7, 11) is 0. The molecule has 0 aromatic heterocycles. The average molecular weight is 338 g/mol. The van der Waals surface area contributed by atoms with Crippen LogP contribution in [0.1, 0.15) is 16.7 Å². The lowest BCUT2D eigenvalue weighted by atomic mass is 10.1. The summed E-state index contributed by atoms with van der Waals surface area (Å²) in [4.78, 5) is 12.0. The van der Waals surface area contributed by atoms with Crippen LogP contribution in [-0.2, 0) is 10.5 Å². The molecule has 0 atom stereocenters. The molecule has 116 valence electrons. The van der Waals surface area contributed by atoms with Crippen molar-refractivity contribution in [3.63, 3.8) is 0 Å². The van der Waals surface area contributed by atoms with Gasteiger partial charge in [0.2, 0.25) is 5.91 Å². The lowest BCUT2D eigenvalue weighted by Crippen LogP contribution is -2.15. The molecule has 0 saturated carbocycles. The quantitative estimate of drug-likeness (QED) is 0.834. The molecule has 2 aromatic rings. The number of rotatable bonds is 5. The molecule has 2 nitrogen and oxygen atoms in total. The van der Waals surface area contributed by atoms with E-state index in [1.54, 1.807) is 6.07 Å². The Morgan fingerprint density at radius 3 is 2.73 bits per heavy atom. The van der Waals surface area contributed by atoms with Crippen LogP contribution in [0.2, 0.25) is 5.02 Å². The van der Waals surface area contributed by atoms with Crippen LogP contribution in [0.15, 0.2) is 36.4 Å². The molecule has 5 heteroatoms. The molecule has 0 fully saturated rings. The van der Waals surface area contributed by atoms with Crippen molar-refractivity contribution in [3.05, 3.63) is 63.9 Å². The standard InChI is InChI=1S/C17H17ClFNOS/c1-11-6-12(2)17(15(18)7-11)20-16(21)10-22-9-13-4-3-5-14(19)8-13/h3-8H,9-10H2,1-2H3,(H,20,21). The minimum atomic E-state index is -0.260. The van der Waals surface area contributed by atoms with E-state index in [0.717, 1.165) is 16.7 Å². The minimum absolute atomic E-state index is 0.116. The topological polar surface area (TPSA) is 29.1 Å². The first kappa shape index (κ1) is 16.8. The van der Waals surface area contributed by atoms with E-state index in [1.807, 2.05) is 32.0 Å². The number of hydrogen-bond donors (Lipinski definition) is 1. The van der Waals surface area contributed by atoms with Crippen LogP contribution in [-0.4, -0.2) is 11.7 Å². The van der Waals surface area contributed by atoms with Gasteiger partial charge in [-0.05, 0) is 48.7 Å². The summed E-state index contributed by atoms with van der Waals surface area (Å²) >= 11 is 7.60. The SMILES string of the molecule is Cc1cc(C)c(NC(=O)CSCc2cccc(F)c2)c(Cl)c1. The number of carbonyl (C=O) groups excluding carboxylic acids is 1. The van der Waals surface area contributed by atoms with Crippen molar-refractivity contribution in [2.75, 3.05) is 11.1 Å². The molecule has 0 unspecified atom stereocenters. The lowest BCUT2D eigenvalue weighted by Gasteiger charge is -2.11. The van der Waals surface area contributed by atoms with Crippen LogP contribution < -0.4 is 5.32 Å². The van der Waals surface area contributed by atoms with Gasteiger partial charge in [-0.3, -0.25) is 4.79 Å². The van der Waals surface area contributed by atoms with Crippen molar-refractivity contribution in [3.8, 4) is 0 Å². The number of anilines is 1. The highest BCUT2D eigenvalue weighted by Gasteiger charge is 2.09. The number of halogens is 2. The zero-order valence-electron chi connectivity index (χ0n) is 12.5. The first-order valence-electron chi connectivity index (χ1n) is 6.84. The zero-order chi connectivity index (χ0) is 16.1. The van der Waals surface area contributed by atoms with Crippen molar-refractivity contribution in [1.82, 2.24) is 0 Å². The molecule has 0 radical (unpaired) electrons. The molecular weight excluding hydrogens is 321 g/mol. The molecule has 0 heterocycles.